The van der Waals surface area contributed by atoms with Gasteiger partial charge in [0.1, 0.15) is 17.6 Å². The number of amides is 2. The molecule has 1 aromatic heterocycles. The van der Waals surface area contributed by atoms with Crippen molar-refractivity contribution in [2.24, 2.45) is 18.9 Å². The number of aromatic nitrogens is 1. The van der Waals surface area contributed by atoms with Crippen LogP contribution in [0.3, 0.4) is 0 Å². The van der Waals surface area contributed by atoms with Gasteiger partial charge in [0.2, 0.25) is 11.8 Å². The number of fused-ring (bicyclic) bond motifs is 1. The molecular formula is C41H48FN5O4. The molecule has 1 unspecified atom stereocenters. The van der Waals surface area contributed by atoms with Crippen molar-refractivity contribution in [3.8, 4) is 16.9 Å². The van der Waals surface area contributed by atoms with E-state index in [2.05, 4.69) is 32.6 Å². The van der Waals surface area contributed by atoms with E-state index in [0.717, 1.165) is 61.6 Å². The molecule has 3 aromatic carbocycles. The van der Waals surface area contributed by atoms with Gasteiger partial charge in [-0.25, -0.2) is 4.39 Å². The van der Waals surface area contributed by atoms with Crippen molar-refractivity contribution in [2.75, 3.05) is 43.5 Å². The SMILES string of the molecule is COc1cc(-c2cn(C)c(=O)c3ccccc23)cc(F)c1CN1CCC(CCC2CCN(c3ccc(NC4CCC(=O)NC4=O)cc3)CC2)CC1. The van der Waals surface area contributed by atoms with Gasteiger partial charge in [-0.05, 0) is 110 Å². The van der Waals surface area contributed by atoms with E-state index in [9.17, 15) is 14.4 Å². The van der Waals surface area contributed by atoms with Crippen molar-refractivity contribution in [3.63, 3.8) is 0 Å². The minimum Gasteiger partial charge on any atom is -0.496 e. The summed E-state index contributed by atoms with van der Waals surface area (Å²) in [7, 11) is 3.32. The Kier molecular flexibility index (Phi) is 10.4. The second-order valence-electron chi connectivity index (χ2n) is 14.6. The topological polar surface area (TPSA) is 95.9 Å². The summed E-state index contributed by atoms with van der Waals surface area (Å²) in [6.45, 7) is 4.52. The third kappa shape index (κ3) is 7.81. The average Bonchev–Trinajstić information content (AvgIpc) is 3.15. The molecule has 3 aliphatic rings. The van der Waals surface area contributed by atoms with Gasteiger partial charge in [0.15, 0.2) is 0 Å². The molecule has 51 heavy (non-hydrogen) atoms. The average molecular weight is 694 g/mol. The quantitative estimate of drug-likeness (QED) is 0.184. The first-order chi connectivity index (χ1) is 24.7. The number of benzene rings is 3. The first kappa shape index (κ1) is 34.7. The van der Waals surface area contributed by atoms with E-state index in [1.54, 1.807) is 31.0 Å². The molecule has 7 rings (SSSR count). The Morgan fingerprint density at radius 2 is 1.53 bits per heavy atom. The summed E-state index contributed by atoms with van der Waals surface area (Å²) in [6.07, 6.45) is 9.81. The molecule has 9 nitrogen and oxygen atoms in total. The van der Waals surface area contributed by atoms with Crippen molar-refractivity contribution in [1.82, 2.24) is 14.8 Å². The van der Waals surface area contributed by atoms with Crippen LogP contribution in [0.5, 0.6) is 5.75 Å². The summed E-state index contributed by atoms with van der Waals surface area (Å²) in [5, 5.41) is 7.07. The fourth-order valence-corrected chi connectivity index (χ4v) is 8.16. The predicted molar refractivity (Wildman–Crippen MR) is 200 cm³/mol. The van der Waals surface area contributed by atoms with Gasteiger partial charge >= 0.3 is 0 Å². The molecule has 0 bridgehead atoms. The van der Waals surface area contributed by atoms with Crippen LogP contribution in [-0.2, 0) is 23.2 Å². The molecule has 2 amide bonds. The van der Waals surface area contributed by atoms with E-state index >= 15 is 4.39 Å². The zero-order valence-corrected chi connectivity index (χ0v) is 29.6. The Bertz CT molecular complexity index is 1940. The number of anilines is 2. The van der Waals surface area contributed by atoms with Gasteiger partial charge in [-0.15, -0.1) is 0 Å². The Balaban J connectivity index is 0.873. The number of nitrogens with zero attached hydrogens (tertiary/aromatic N) is 3. The molecule has 1 atom stereocenters. The summed E-state index contributed by atoms with van der Waals surface area (Å²) in [5.74, 6) is 1.25. The molecule has 2 N–H and O–H groups in total. The van der Waals surface area contributed by atoms with Gasteiger partial charge in [-0.2, -0.15) is 0 Å². The fourth-order valence-electron chi connectivity index (χ4n) is 8.16. The van der Waals surface area contributed by atoms with Crippen LogP contribution in [0.4, 0.5) is 15.8 Å². The Hall–Kier alpha value is -4.70. The highest BCUT2D eigenvalue weighted by molar-refractivity contribution is 6.01. The lowest BCUT2D eigenvalue weighted by Crippen LogP contribution is -2.47. The molecule has 3 fully saturated rings. The molecule has 4 aromatic rings. The van der Waals surface area contributed by atoms with Gasteiger partial charge < -0.3 is 19.5 Å². The van der Waals surface area contributed by atoms with Crippen LogP contribution in [0, 0.1) is 17.7 Å². The molecule has 0 radical (unpaired) electrons. The minimum atomic E-state index is -0.373. The normalized spacial score (nSPS) is 19.4. The van der Waals surface area contributed by atoms with E-state index in [0.29, 0.717) is 47.6 Å². The van der Waals surface area contributed by atoms with E-state index in [1.165, 1.54) is 31.4 Å². The van der Waals surface area contributed by atoms with Crippen LogP contribution in [0.15, 0.2) is 71.7 Å². The number of aryl methyl sites for hydroxylation is 1. The third-order valence-corrected chi connectivity index (χ3v) is 11.3. The number of pyridine rings is 1. The highest BCUT2D eigenvalue weighted by Gasteiger charge is 2.27. The number of carbonyl (C=O) groups excluding carboxylic acids is 2. The van der Waals surface area contributed by atoms with Crippen LogP contribution in [0.25, 0.3) is 21.9 Å². The van der Waals surface area contributed by atoms with Gasteiger partial charge in [0.05, 0.1) is 7.11 Å². The number of carbonyl (C=O) groups is 2. The highest BCUT2D eigenvalue weighted by atomic mass is 19.1. The number of ether oxygens (including phenoxy) is 1. The number of piperidine rings is 3. The number of nitrogens with one attached hydrogen (secondary N) is 2. The van der Waals surface area contributed by atoms with Crippen LogP contribution < -0.4 is 25.8 Å². The van der Waals surface area contributed by atoms with Crippen molar-refractivity contribution >= 4 is 34.0 Å². The largest absolute Gasteiger partial charge is 0.496 e. The zero-order chi connectivity index (χ0) is 35.5. The lowest BCUT2D eigenvalue weighted by Gasteiger charge is -2.36. The van der Waals surface area contributed by atoms with Crippen LogP contribution in [-0.4, -0.2) is 60.6 Å². The number of imide groups is 1. The van der Waals surface area contributed by atoms with Gasteiger partial charge in [-0.3, -0.25) is 24.6 Å². The smallest absolute Gasteiger partial charge is 0.258 e. The lowest BCUT2D eigenvalue weighted by molar-refractivity contribution is -0.133. The molecule has 0 aliphatic carbocycles. The maximum atomic E-state index is 15.8. The summed E-state index contributed by atoms with van der Waals surface area (Å²) in [4.78, 5) is 41.0. The van der Waals surface area contributed by atoms with Crippen molar-refractivity contribution in [3.05, 3.63) is 88.6 Å². The summed E-state index contributed by atoms with van der Waals surface area (Å²) < 4.78 is 23.1. The van der Waals surface area contributed by atoms with Gasteiger partial charge in [0, 0.05) is 67.2 Å². The van der Waals surface area contributed by atoms with Crippen molar-refractivity contribution < 1.29 is 18.7 Å². The lowest BCUT2D eigenvalue weighted by atomic mass is 9.85. The molecule has 3 saturated heterocycles. The fraction of sp³-hybridized carbons (Fsp3) is 0.439. The Labute approximate surface area is 298 Å². The van der Waals surface area contributed by atoms with Crippen molar-refractivity contribution in [2.45, 2.75) is 64.0 Å². The van der Waals surface area contributed by atoms with E-state index in [-0.39, 0.29) is 29.2 Å². The monoisotopic (exact) mass is 693 g/mol. The summed E-state index contributed by atoms with van der Waals surface area (Å²) >= 11 is 0. The Morgan fingerprint density at radius 3 is 2.20 bits per heavy atom. The number of likely N-dealkylation sites (tertiary alicyclic amines) is 1. The molecule has 10 heteroatoms. The van der Waals surface area contributed by atoms with E-state index in [4.69, 9.17) is 4.74 Å². The van der Waals surface area contributed by atoms with Crippen LogP contribution in [0.1, 0.15) is 56.9 Å². The van der Waals surface area contributed by atoms with Crippen LogP contribution >= 0.6 is 0 Å². The number of hydrogen-bond acceptors (Lipinski definition) is 7. The zero-order valence-electron chi connectivity index (χ0n) is 29.6. The van der Waals surface area contributed by atoms with Crippen LogP contribution in [0.2, 0.25) is 0 Å². The maximum Gasteiger partial charge on any atom is 0.258 e. The number of halogens is 1. The molecule has 0 saturated carbocycles. The second kappa shape index (κ2) is 15.3. The molecule has 268 valence electrons. The highest BCUT2D eigenvalue weighted by Crippen LogP contribution is 2.35. The molecule has 4 heterocycles. The number of methoxy groups -OCH3 is 1. The first-order valence-corrected chi connectivity index (χ1v) is 18.4. The maximum absolute atomic E-state index is 15.8. The molecular weight excluding hydrogens is 645 g/mol. The van der Waals surface area contributed by atoms with E-state index < -0.39 is 0 Å². The number of hydrogen-bond donors (Lipinski definition) is 2. The molecule has 3 aliphatic heterocycles. The minimum absolute atomic E-state index is 0.0746. The standard InChI is InChI=1S/C41H48FN5O4/c1-45-25-34(32-5-3-4-6-33(32)41(45)50)29-23-36(42)35(38(24-29)51-2)26-46-19-15-27(16-20-46)7-8-28-17-21-47(22-18-28)31-11-9-30(10-12-31)43-37-13-14-39(48)44-40(37)49/h3-6,9-12,23-25,27-28,37,43H,7-8,13-22,26H2,1-2H3,(H,44,48,49). The van der Waals surface area contributed by atoms with E-state index in [1.807, 2.05) is 42.5 Å². The third-order valence-electron chi connectivity index (χ3n) is 11.3. The Morgan fingerprint density at radius 1 is 0.863 bits per heavy atom. The number of rotatable bonds is 10. The second-order valence-corrected chi connectivity index (χ2v) is 14.6. The van der Waals surface area contributed by atoms with Gasteiger partial charge in [-0.1, -0.05) is 31.0 Å². The molecule has 0 spiro atoms. The van der Waals surface area contributed by atoms with Crippen molar-refractivity contribution in [1.29, 1.82) is 0 Å². The summed E-state index contributed by atoms with van der Waals surface area (Å²) in [5.41, 5.74) is 4.11. The van der Waals surface area contributed by atoms with Gasteiger partial charge in [0.25, 0.3) is 5.56 Å². The predicted octanol–water partition coefficient (Wildman–Crippen LogP) is 6.48. The first-order valence-electron chi connectivity index (χ1n) is 18.4. The summed E-state index contributed by atoms with van der Waals surface area (Å²) in [6, 6.07) is 18.9.